The van der Waals surface area contributed by atoms with Gasteiger partial charge in [0.05, 0.1) is 0 Å². The molecule has 1 saturated heterocycles. The van der Waals surface area contributed by atoms with Crippen LogP contribution in [-0.4, -0.2) is 30.6 Å². The highest BCUT2D eigenvalue weighted by atomic mass is 15.2. The lowest BCUT2D eigenvalue weighted by atomic mass is 9.91. The van der Waals surface area contributed by atoms with E-state index in [0.29, 0.717) is 12.0 Å². The van der Waals surface area contributed by atoms with Gasteiger partial charge in [-0.15, -0.1) is 0 Å². The fraction of sp³-hybridized carbons (Fsp3) is 0.625. The number of nitrogens with zero attached hydrogens (tertiary/aromatic N) is 1. The first-order valence-electron chi connectivity index (χ1n) is 7.29. The van der Waals surface area contributed by atoms with Gasteiger partial charge in [0.2, 0.25) is 0 Å². The van der Waals surface area contributed by atoms with Gasteiger partial charge in [0.15, 0.2) is 0 Å². The van der Waals surface area contributed by atoms with Crippen LogP contribution in [0.4, 0.5) is 0 Å². The first kappa shape index (κ1) is 13.6. The number of nitrogens with two attached hydrogens (primary N) is 1. The minimum absolute atomic E-state index is 0.547. The molecule has 2 N–H and O–H groups in total. The van der Waals surface area contributed by atoms with E-state index in [1.54, 1.807) is 0 Å². The van der Waals surface area contributed by atoms with E-state index < -0.39 is 0 Å². The van der Waals surface area contributed by atoms with Crippen LogP contribution in [0, 0.1) is 5.92 Å². The van der Waals surface area contributed by atoms with Gasteiger partial charge in [-0.2, -0.15) is 0 Å². The zero-order valence-corrected chi connectivity index (χ0v) is 11.5. The molecular weight excluding hydrogens is 220 g/mol. The Balaban J connectivity index is 1.94. The molecule has 100 valence electrons. The monoisotopic (exact) mass is 246 g/mol. The molecule has 0 radical (unpaired) electrons. The third-order valence-electron chi connectivity index (χ3n) is 4.16. The van der Waals surface area contributed by atoms with E-state index >= 15 is 0 Å². The predicted molar refractivity (Wildman–Crippen MR) is 77.6 cm³/mol. The van der Waals surface area contributed by atoms with Gasteiger partial charge in [-0.05, 0) is 43.8 Å². The van der Waals surface area contributed by atoms with Gasteiger partial charge >= 0.3 is 0 Å². The van der Waals surface area contributed by atoms with Crippen molar-refractivity contribution in [3.8, 4) is 0 Å². The van der Waals surface area contributed by atoms with Gasteiger partial charge < -0.3 is 5.73 Å². The number of benzene rings is 1. The number of hydrogen-bond donors (Lipinski definition) is 1. The largest absolute Gasteiger partial charge is 0.329 e. The lowest BCUT2D eigenvalue weighted by molar-refractivity contribution is 0.127. The van der Waals surface area contributed by atoms with Crippen LogP contribution in [0.1, 0.15) is 31.7 Å². The highest BCUT2D eigenvalue weighted by Crippen LogP contribution is 2.20. The van der Waals surface area contributed by atoms with Crippen LogP contribution in [0.3, 0.4) is 0 Å². The van der Waals surface area contributed by atoms with Crippen molar-refractivity contribution in [3.63, 3.8) is 0 Å². The number of likely N-dealkylation sites (tertiary alicyclic amines) is 1. The zero-order chi connectivity index (χ0) is 12.8. The SMILES string of the molecule is CC(Cc1ccccc1)C(CN)N1CCCCC1. The molecule has 2 rings (SSSR count). The lowest BCUT2D eigenvalue weighted by Crippen LogP contribution is -2.47. The van der Waals surface area contributed by atoms with Gasteiger partial charge in [0.1, 0.15) is 0 Å². The third kappa shape index (κ3) is 3.56. The average Bonchev–Trinajstić information content (AvgIpc) is 2.42. The van der Waals surface area contributed by atoms with Crippen LogP contribution >= 0.6 is 0 Å². The van der Waals surface area contributed by atoms with Crippen molar-refractivity contribution >= 4 is 0 Å². The first-order chi connectivity index (χ1) is 8.81. The summed E-state index contributed by atoms with van der Waals surface area (Å²) in [5, 5.41) is 0. The third-order valence-corrected chi connectivity index (χ3v) is 4.16. The van der Waals surface area contributed by atoms with E-state index in [2.05, 4.69) is 42.2 Å². The standard InChI is InChI=1S/C16H26N2/c1-14(12-15-8-4-2-5-9-15)16(13-17)18-10-6-3-7-11-18/h2,4-5,8-9,14,16H,3,6-7,10-13,17H2,1H3. The van der Waals surface area contributed by atoms with Crippen LogP contribution in [0.25, 0.3) is 0 Å². The molecule has 0 spiro atoms. The Labute approximate surface area is 111 Å². The van der Waals surface area contributed by atoms with E-state index in [4.69, 9.17) is 5.73 Å². The van der Waals surface area contributed by atoms with Crippen molar-refractivity contribution in [2.24, 2.45) is 11.7 Å². The van der Waals surface area contributed by atoms with Crippen molar-refractivity contribution in [1.82, 2.24) is 4.90 Å². The van der Waals surface area contributed by atoms with Crippen molar-refractivity contribution in [2.75, 3.05) is 19.6 Å². The topological polar surface area (TPSA) is 29.3 Å². The number of piperidine rings is 1. The van der Waals surface area contributed by atoms with Crippen molar-refractivity contribution in [1.29, 1.82) is 0 Å². The highest BCUT2D eigenvalue weighted by Gasteiger charge is 2.24. The van der Waals surface area contributed by atoms with Gasteiger partial charge in [-0.3, -0.25) is 4.90 Å². The average molecular weight is 246 g/mol. The zero-order valence-electron chi connectivity index (χ0n) is 11.5. The molecule has 2 atom stereocenters. The summed E-state index contributed by atoms with van der Waals surface area (Å²) in [6.45, 7) is 5.61. The molecule has 2 unspecified atom stereocenters. The Kier molecular flexibility index (Phi) is 5.21. The molecular formula is C16H26N2. The summed E-state index contributed by atoms with van der Waals surface area (Å²) in [6, 6.07) is 11.3. The maximum absolute atomic E-state index is 6.02. The van der Waals surface area contributed by atoms with Crippen molar-refractivity contribution in [2.45, 2.75) is 38.6 Å². The van der Waals surface area contributed by atoms with Crippen molar-refractivity contribution < 1.29 is 0 Å². The summed E-state index contributed by atoms with van der Waals surface area (Å²) in [7, 11) is 0. The first-order valence-corrected chi connectivity index (χ1v) is 7.29. The molecule has 0 saturated carbocycles. The van der Waals surface area contributed by atoms with Crippen LogP contribution < -0.4 is 5.73 Å². The molecule has 0 bridgehead atoms. The molecule has 2 nitrogen and oxygen atoms in total. The van der Waals surface area contributed by atoms with Crippen molar-refractivity contribution in [3.05, 3.63) is 35.9 Å². The van der Waals surface area contributed by atoms with Crippen LogP contribution in [0.15, 0.2) is 30.3 Å². The maximum atomic E-state index is 6.02. The normalized spacial score (nSPS) is 20.6. The second-order valence-electron chi connectivity index (χ2n) is 5.57. The Morgan fingerprint density at radius 2 is 1.78 bits per heavy atom. The molecule has 0 aliphatic carbocycles. The maximum Gasteiger partial charge on any atom is 0.0247 e. The fourth-order valence-electron chi connectivity index (χ4n) is 3.11. The molecule has 2 heteroatoms. The summed E-state index contributed by atoms with van der Waals surface area (Å²) in [5.41, 5.74) is 7.45. The summed E-state index contributed by atoms with van der Waals surface area (Å²) >= 11 is 0. The van der Waals surface area contributed by atoms with E-state index in [0.717, 1.165) is 13.0 Å². The lowest BCUT2D eigenvalue weighted by Gasteiger charge is -2.37. The minimum atomic E-state index is 0.547. The Morgan fingerprint density at radius 3 is 2.39 bits per heavy atom. The smallest absolute Gasteiger partial charge is 0.0247 e. The number of rotatable bonds is 5. The highest BCUT2D eigenvalue weighted by molar-refractivity contribution is 5.15. The molecule has 0 aromatic heterocycles. The van der Waals surface area contributed by atoms with E-state index in [1.807, 2.05) is 0 Å². The van der Waals surface area contributed by atoms with Crippen LogP contribution in [-0.2, 0) is 6.42 Å². The molecule has 1 fully saturated rings. The number of hydrogen-bond acceptors (Lipinski definition) is 2. The van der Waals surface area contributed by atoms with Crippen LogP contribution in [0.5, 0.6) is 0 Å². The quantitative estimate of drug-likeness (QED) is 0.865. The Morgan fingerprint density at radius 1 is 1.11 bits per heavy atom. The summed E-state index contributed by atoms with van der Waals surface area (Å²) in [4.78, 5) is 2.61. The predicted octanol–water partition coefficient (Wildman–Crippen LogP) is 2.68. The Bertz CT molecular complexity index is 330. The summed E-state index contributed by atoms with van der Waals surface area (Å²) < 4.78 is 0. The molecule has 0 amide bonds. The minimum Gasteiger partial charge on any atom is -0.329 e. The van der Waals surface area contributed by atoms with Gasteiger partial charge in [0, 0.05) is 12.6 Å². The summed E-state index contributed by atoms with van der Waals surface area (Å²) in [6.07, 6.45) is 5.21. The van der Waals surface area contributed by atoms with Gasteiger partial charge in [0.25, 0.3) is 0 Å². The molecule has 1 aliphatic heterocycles. The van der Waals surface area contributed by atoms with Crippen LogP contribution in [0.2, 0.25) is 0 Å². The Hall–Kier alpha value is -0.860. The molecule has 18 heavy (non-hydrogen) atoms. The van der Waals surface area contributed by atoms with Gasteiger partial charge in [-0.1, -0.05) is 43.7 Å². The molecule has 1 aliphatic rings. The van der Waals surface area contributed by atoms with Gasteiger partial charge in [-0.25, -0.2) is 0 Å². The van der Waals surface area contributed by atoms with E-state index in [-0.39, 0.29) is 0 Å². The molecule has 1 heterocycles. The second-order valence-corrected chi connectivity index (χ2v) is 5.57. The summed E-state index contributed by atoms with van der Waals surface area (Å²) in [5.74, 6) is 0.635. The molecule has 1 aromatic rings. The fourth-order valence-corrected chi connectivity index (χ4v) is 3.11. The van der Waals surface area contributed by atoms with E-state index in [9.17, 15) is 0 Å². The van der Waals surface area contributed by atoms with E-state index in [1.165, 1.54) is 37.9 Å². The molecule has 1 aromatic carbocycles. The second kappa shape index (κ2) is 6.91.